The van der Waals surface area contributed by atoms with Crippen LogP contribution in [-0.4, -0.2) is 14.7 Å². The topological polar surface area (TPSA) is 47.3 Å². The van der Waals surface area contributed by atoms with E-state index >= 15 is 0 Å². The van der Waals surface area contributed by atoms with Gasteiger partial charge in [0.05, 0.1) is 6.10 Å². The molecule has 1 aromatic heterocycles. The van der Waals surface area contributed by atoms with E-state index in [9.17, 15) is 9.50 Å². The highest BCUT2D eigenvalue weighted by atomic mass is 19.1. The maximum atomic E-state index is 13.7. The van der Waals surface area contributed by atoms with Crippen molar-refractivity contribution in [2.75, 3.05) is 0 Å². The summed E-state index contributed by atoms with van der Waals surface area (Å²) < 4.78 is 20.8. The van der Waals surface area contributed by atoms with E-state index in [1.54, 1.807) is 25.4 Å². The number of aliphatic hydroxyl groups is 1. The molecule has 1 N–H and O–H groups in total. The second-order valence-electron chi connectivity index (χ2n) is 4.11. The number of benzene rings is 1. The lowest BCUT2D eigenvalue weighted by Gasteiger charge is -2.10. The summed E-state index contributed by atoms with van der Waals surface area (Å²) in [4.78, 5) is 4.08. The van der Waals surface area contributed by atoms with Crippen LogP contribution in [0.5, 0.6) is 5.75 Å². The number of ether oxygens (including phenoxy) is 1. The average Bonchev–Trinajstić information content (AvgIpc) is 2.73. The Labute approximate surface area is 105 Å². The zero-order chi connectivity index (χ0) is 13.1. The molecule has 1 aromatic carbocycles. The summed E-state index contributed by atoms with van der Waals surface area (Å²) in [6.07, 6.45) is 2.76. The molecule has 0 aliphatic carbocycles. The predicted molar refractivity (Wildman–Crippen MR) is 64.6 cm³/mol. The number of rotatable bonds is 4. The van der Waals surface area contributed by atoms with Crippen molar-refractivity contribution in [1.29, 1.82) is 0 Å². The van der Waals surface area contributed by atoms with Crippen LogP contribution in [0.1, 0.15) is 24.4 Å². The molecular formula is C13H15FN2O2. The van der Waals surface area contributed by atoms with Crippen molar-refractivity contribution in [3.63, 3.8) is 0 Å². The molecule has 0 fully saturated rings. The molecule has 5 heteroatoms. The van der Waals surface area contributed by atoms with E-state index in [4.69, 9.17) is 4.74 Å². The number of imidazole rings is 1. The lowest BCUT2D eigenvalue weighted by Crippen LogP contribution is -2.04. The Bertz CT molecular complexity index is 538. The van der Waals surface area contributed by atoms with Gasteiger partial charge in [0.15, 0.2) is 11.6 Å². The minimum absolute atomic E-state index is 0.155. The van der Waals surface area contributed by atoms with Gasteiger partial charge in [0.25, 0.3) is 0 Å². The maximum absolute atomic E-state index is 13.7. The largest absolute Gasteiger partial charge is 0.483 e. The molecule has 0 aliphatic heterocycles. The first kappa shape index (κ1) is 12.6. The van der Waals surface area contributed by atoms with Gasteiger partial charge in [-0.05, 0) is 24.6 Å². The molecule has 0 spiro atoms. The molecule has 0 amide bonds. The summed E-state index contributed by atoms with van der Waals surface area (Å²) >= 11 is 0. The van der Waals surface area contributed by atoms with Gasteiger partial charge in [0.1, 0.15) is 12.4 Å². The third kappa shape index (κ3) is 2.68. The smallest absolute Gasteiger partial charge is 0.165 e. The van der Waals surface area contributed by atoms with Crippen LogP contribution in [0.2, 0.25) is 0 Å². The number of halogens is 1. The number of aromatic nitrogens is 2. The fraction of sp³-hybridized carbons (Fsp3) is 0.308. The number of nitrogens with zero attached hydrogens (tertiary/aromatic N) is 2. The highest BCUT2D eigenvalue weighted by Gasteiger charge is 2.09. The van der Waals surface area contributed by atoms with E-state index < -0.39 is 11.9 Å². The quantitative estimate of drug-likeness (QED) is 0.904. The fourth-order valence-corrected chi connectivity index (χ4v) is 1.57. The van der Waals surface area contributed by atoms with Gasteiger partial charge in [0.2, 0.25) is 0 Å². The average molecular weight is 250 g/mol. The Balaban J connectivity index is 2.08. The van der Waals surface area contributed by atoms with Crippen molar-refractivity contribution < 1.29 is 14.2 Å². The summed E-state index contributed by atoms with van der Waals surface area (Å²) in [7, 11) is 1.85. The van der Waals surface area contributed by atoms with Gasteiger partial charge >= 0.3 is 0 Å². The molecule has 1 atom stereocenters. The van der Waals surface area contributed by atoms with Crippen LogP contribution in [-0.2, 0) is 13.7 Å². The zero-order valence-corrected chi connectivity index (χ0v) is 10.3. The summed E-state index contributed by atoms with van der Waals surface area (Å²) in [6, 6.07) is 4.43. The van der Waals surface area contributed by atoms with Gasteiger partial charge in [0, 0.05) is 19.4 Å². The molecule has 18 heavy (non-hydrogen) atoms. The molecule has 4 nitrogen and oxygen atoms in total. The lowest BCUT2D eigenvalue weighted by atomic mass is 10.1. The van der Waals surface area contributed by atoms with Crippen molar-refractivity contribution in [1.82, 2.24) is 9.55 Å². The summed E-state index contributed by atoms with van der Waals surface area (Å²) in [5.41, 5.74) is 0.525. The van der Waals surface area contributed by atoms with Gasteiger partial charge in [-0.25, -0.2) is 9.37 Å². The minimum atomic E-state index is -0.692. The van der Waals surface area contributed by atoms with Gasteiger partial charge < -0.3 is 14.4 Å². The molecule has 96 valence electrons. The number of hydrogen-bond acceptors (Lipinski definition) is 3. The van der Waals surface area contributed by atoms with E-state index in [0.29, 0.717) is 11.4 Å². The highest BCUT2D eigenvalue weighted by Crippen LogP contribution is 2.22. The first-order valence-corrected chi connectivity index (χ1v) is 5.64. The van der Waals surface area contributed by atoms with E-state index in [1.807, 2.05) is 11.6 Å². The van der Waals surface area contributed by atoms with Gasteiger partial charge in [-0.3, -0.25) is 0 Å². The lowest BCUT2D eigenvalue weighted by molar-refractivity contribution is 0.198. The minimum Gasteiger partial charge on any atom is -0.483 e. The van der Waals surface area contributed by atoms with Crippen molar-refractivity contribution in [2.45, 2.75) is 19.6 Å². The zero-order valence-electron chi connectivity index (χ0n) is 10.3. The summed E-state index contributed by atoms with van der Waals surface area (Å²) in [6.45, 7) is 1.79. The third-order valence-corrected chi connectivity index (χ3v) is 2.72. The third-order valence-electron chi connectivity index (χ3n) is 2.72. The van der Waals surface area contributed by atoms with E-state index in [0.717, 1.165) is 0 Å². The Morgan fingerprint density at radius 1 is 1.50 bits per heavy atom. The van der Waals surface area contributed by atoms with Crippen LogP contribution in [0.25, 0.3) is 0 Å². The molecule has 2 aromatic rings. The molecule has 2 rings (SSSR count). The first-order chi connectivity index (χ1) is 8.58. The Hall–Kier alpha value is -1.88. The predicted octanol–water partition coefficient (Wildman–Crippen LogP) is 2.19. The standard InChI is InChI=1S/C13H15FN2O2/c1-9(17)10-3-4-12(11(14)7-10)18-8-13-15-5-6-16(13)2/h3-7,9,17H,8H2,1-2H3/t9-/m1/s1. The van der Waals surface area contributed by atoms with Crippen LogP contribution in [0.4, 0.5) is 4.39 Å². The normalized spacial score (nSPS) is 12.4. The Kier molecular flexibility index (Phi) is 3.62. The SMILES string of the molecule is C[C@@H](O)c1ccc(OCc2nccn2C)c(F)c1. The molecule has 0 bridgehead atoms. The van der Waals surface area contributed by atoms with Gasteiger partial charge in [-0.15, -0.1) is 0 Å². The van der Waals surface area contributed by atoms with E-state index in [1.165, 1.54) is 12.1 Å². The molecular weight excluding hydrogens is 235 g/mol. The summed E-state index contributed by atoms with van der Waals surface area (Å²) in [5, 5.41) is 9.33. The van der Waals surface area contributed by atoms with Crippen LogP contribution in [0.3, 0.4) is 0 Å². The Morgan fingerprint density at radius 3 is 2.83 bits per heavy atom. The van der Waals surface area contributed by atoms with Gasteiger partial charge in [-0.1, -0.05) is 6.07 Å². The molecule has 0 radical (unpaired) electrons. The molecule has 1 heterocycles. The summed E-state index contributed by atoms with van der Waals surface area (Å²) in [5.74, 6) is 0.388. The van der Waals surface area contributed by atoms with Gasteiger partial charge in [-0.2, -0.15) is 0 Å². The number of aryl methyl sites for hydroxylation is 1. The van der Waals surface area contributed by atoms with Crippen LogP contribution >= 0.6 is 0 Å². The number of hydrogen-bond donors (Lipinski definition) is 1. The van der Waals surface area contributed by atoms with Crippen molar-refractivity contribution in [2.24, 2.45) is 7.05 Å². The molecule has 0 aliphatic rings. The van der Waals surface area contributed by atoms with Crippen LogP contribution in [0, 0.1) is 5.82 Å². The Morgan fingerprint density at radius 2 is 2.28 bits per heavy atom. The second kappa shape index (κ2) is 5.18. The van der Waals surface area contributed by atoms with E-state index in [2.05, 4.69) is 4.98 Å². The highest BCUT2D eigenvalue weighted by molar-refractivity contribution is 5.30. The van der Waals surface area contributed by atoms with Crippen molar-refractivity contribution in [3.8, 4) is 5.75 Å². The van der Waals surface area contributed by atoms with Crippen molar-refractivity contribution >= 4 is 0 Å². The molecule has 0 unspecified atom stereocenters. The van der Waals surface area contributed by atoms with E-state index in [-0.39, 0.29) is 12.4 Å². The van der Waals surface area contributed by atoms with Crippen LogP contribution in [0.15, 0.2) is 30.6 Å². The molecule has 0 saturated carbocycles. The molecule has 0 saturated heterocycles. The number of aliphatic hydroxyl groups excluding tert-OH is 1. The fourth-order valence-electron chi connectivity index (χ4n) is 1.57. The van der Waals surface area contributed by atoms with Crippen molar-refractivity contribution in [3.05, 3.63) is 47.8 Å². The monoisotopic (exact) mass is 250 g/mol. The first-order valence-electron chi connectivity index (χ1n) is 5.64. The van der Waals surface area contributed by atoms with Crippen LogP contribution < -0.4 is 4.74 Å². The second-order valence-corrected chi connectivity index (χ2v) is 4.11. The maximum Gasteiger partial charge on any atom is 0.165 e.